The predicted octanol–water partition coefficient (Wildman–Crippen LogP) is 3.19. The Hall–Kier alpha value is -2.50. The lowest BCUT2D eigenvalue weighted by atomic mass is 10.2. The van der Waals surface area contributed by atoms with Crippen molar-refractivity contribution in [2.24, 2.45) is 0 Å². The second-order valence-electron chi connectivity index (χ2n) is 4.93. The van der Waals surface area contributed by atoms with Crippen molar-refractivity contribution in [2.75, 3.05) is 10.6 Å². The van der Waals surface area contributed by atoms with Gasteiger partial charge in [0.1, 0.15) is 5.69 Å². The molecule has 0 saturated heterocycles. The average Bonchev–Trinajstić information content (AvgIpc) is 3.28. The van der Waals surface area contributed by atoms with Gasteiger partial charge in [0, 0.05) is 17.8 Å². The van der Waals surface area contributed by atoms with Crippen molar-refractivity contribution in [3.8, 4) is 0 Å². The van der Waals surface area contributed by atoms with E-state index in [1.807, 2.05) is 0 Å². The van der Waals surface area contributed by atoms with E-state index in [0.29, 0.717) is 6.04 Å². The fourth-order valence-corrected chi connectivity index (χ4v) is 1.85. The quantitative estimate of drug-likeness (QED) is 0.909. The zero-order valence-electron chi connectivity index (χ0n) is 11.1. The van der Waals surface area contributed by atoms with Crippen molar-refractivity contribution in [3.05, 3.63) is 53.9 Å². The lowest BCUT2D eigenvalue weighted by Crippen LogP contribution is -2.14. The minimum absolute atomic E-state index is 0.181. The molecule has 0 aliphatic heterocycles. The topological polar surface area (TPSA) is 54.0 Å². The van der Waals surface area contributed by atoms with E-state index in [4.69, 9.17) is 0 Å². The minimum atomic E-state index is -1.01. The summed E-state index contributed by atoms with van der Waals surface area (Å²) in [6.07, 6.45) is 3.88. The summed E-state index contributed by atoms with van der Waals surface area (Å²) >= 11 is 0. The molecule has 1 heterocycles. The van der Waals surface area contributed by atoms with Crippen LogP contribution in [0.3, 0.4) is 0 Å². The molecular weight excluding hydrogens is 276 g/mol. The van der Waals surface area contributed by atoms with Gasteiger partial charge in [-0.1, -0.05) is 0 Å². The zero-order chi connectivity index (χ0) is 14.8. The summed E-state index contributed by atoms with van der Waals surface area (Å²) in [5.74, 6) is -2.44. The van der Waals surface area contributed by atoms with Crippen LogP contribution in [0, 0.1) is 11.6 Å². The molecule has 1 aliphatic rings. The lowest BCUT2D eigenvalue weighted by molar-refractivity contribution is 0.102. The van der Waals surface area contributed by atoms with Gasteiger partial charge in [0.05, 0.1) is 11.9 Å². The molecule has 21 heavy (non-hydrogen) atoms. The van der Waals surface area contributed by atoms with Crippen LogP contribution in [0.5, 0.6) is 0 Å². The number of halogens is 2. The van der Waals surface area contributed by atoms with E-state index >= 15 is 0 Å². The van der Waals surface area contributed by atoms with Crippen molar-refractivity contribution >= 4 is 17.3 Å². The monoisotopic (exact) mass is 289 g/mol. The number of carbonyl (C=O) groups is 1. The zero-order valence-corrected chi connectivity index (χ0v) is 11.1. The van der Waals surface area contributed by atoms with Crippen LogP contribution in [0.2, 0.25) is 0 Å². The number of pyridine rings is 1. The minimum Gasteiger partial charge on any atom is -0.381 e. The molecule has 1 aromatic carbocycles. The molecule has 1 aliphatic carbocycles. The molecule has 6 heteroatoms. The van der Waals surface area contributed by atoms with Gasteiger partial charge < -0.3 is 10.6 Å². The maximum atomic E-state index is 13.1. The standard InChI is InChI=1S/C15H13F2N3O/c16-12-5-3-10(7-13(12)17)20-15(21)14-6-4-11(8-18-14)19-9-1-2-9/h3-9,19H,1-2H2,(H,20,21). The molecule has 1 saturated carbocycles. The number of anilines is 2. The molecule has 1 aromatic heterocycles. The van der Waals surface area contributed by atoms with Crippen molar-refractivity contribution in [3.63, 3.8) is 0 Å². The van der Waals surface area contributed by atoms with Gasteiger partial charge in [-0.3, -0.25) is 4.79 Å². The molecule has 0 radical (unpaired) electrons. The van der Waals surface area contributed by atoms with Crippen LogP contribution in [-0.4, -0.2) is 16.9 Å². The molecule has 0 atom stereocenters. The Kier molecular flexibility index (Phi) is 3.51. The fraction of sp³-hybridized carbons (Fsp3) is 0.200. The molecule has 0 spiro atoms. The van der Waals surface area contributed by atoms with E-state index in [-0.39, 0.29) is 11.4 Å². The average molecular weight is 289 g/mol. The van der Waals surface area contributed by atoms with E-state index in [9.17, 15) is 13.6 Å². The Morgan fingerprint density at radius 1 is 1.10 bits per heavy atom. The van der Waals surface area contributed by atoms with Crippen LogP contribution in [-0.2, 0) is 0 Å². The number of amides is 1. The molecular formula is C15H13F2N3O. The van der Waals surface area contributed by atoms with Gasteiger partial charge in [-0.15, -0.1) is 0 Å². The summed E-state index contributed by atoms with van der Waals surface area (Å²) in [4.78, 5) is 16.0. The second kappa shape index (κ2) is 5.47. The first-order chi connectivity index (χ1) is 10.1. The van der Waals surface area contributed by atoms with E-state index in [1.165, 1.54) is 6.07 Å². The summed E-state index contributed by atoms with van der Waals surface area (Å²) in [5.41, 5.74) is 1.25. The third-order valence-corrected chi connectivity index (χ3v) is 3.12. The van der Waals surface area contributed by atoms with E-state index in [0.717, 1.165) is 30.7 Å². The van der Waals surface area contributed by atoms with Gasteiger partial charge in [0.2, 0.25) is 0 Å². The Balaban J connectivity index is 1.67. The Morgan fingerprint density at radius 3 is 2.48 bits per heavy atom. The lowest BCUT2D eigenvalue weighted by Gasteiger charge is -2.07. The van der Waals surface area contributed by atoms with E-state index in [2.05, 4.69) is 15.6 Å². The molecule has 1 fully saturated rings. The van der Waals surface area contributed by atoms with Gasteiger partial charge in [-0.2, -0.15) is 0 Å². The number of hydrogen-bond acceptors (Lipinski definition) is 3. The Morgan fingerprint density at radius 2 is 1.86 bits per heavy atom. The molecule has 1 amide bonds. The maximum absolute atomic E-state index is 13.1. The summed E-state index contributed by atoms with van der Waals surface area (Å²) < 4.78 is 25.9. The van der Waals surface area contributed by atoms with Crippen molar-refractivity contribution in [1.82, 2.24) is 4.98 Å². The molecule has 0 bridgehead atoms. The maximum Gasteiger partial charge on any atom is 0.274 e. The normalized spacial score (nSPS) is 13.8. The molecule has 108 valence electrons. The molecule has 0 unspecified atom stereocenters. The number of benzene rings is 1. The van der Waals surface area contributed by atoms with Crippen LogP contribution in [0.15, 0.2) is 36.5 Å². The smallest absolute Gasteiger partial charge is 0.274 e. The van der Waals surface area contributed by atoms with Crippen LogP contribution in [0.4, 0.5) is 20.2 Å². The van der Waals surface area contributed by atoms with Crippen molar-refractivity contribution in [1.29, 1.82) is 0 Å². The number of nitrogens with one attached hydrogen (secondary N) is 2. The van der Waals surface area contributed by atoms with Crippen LogP contribution in [0.25, 0.3) is 0 Å². The Labute approximate surface area is 120 Å². The van der Waals surface area contributed by atoms with Crippen molar-refractivity contribution in [2.45, 2.75) is 18.9 Å². The predicted molar refractivity (Wildman–Crippen MR) is 75.2 cm³/mol. The summed E-state index contributed by atoms with van der Waals surface area (Å²) in [6.45, 7) is 0. The molecule has 4 nitrogen and oxygen atoms in total. The SMILES string of the molecule is O=C(Nc1ccc(F)c(F)c1)c1ccc(NC2CC2)cn1. The van der Waals surface area contributed by atoms with E-state index < -0.39 is 17.5 Å². The van der Waals surface area contributed by atoms with Gasteiger partial charge in [-0.05, 0) is 37.1 Å². The number of hydrogen-bond donors (Lipinski definition) is 2. The highest BCUT2D eigenvalue weighted by atomic mass is 19.2. The van der Waals surface area contributed by atoms with Crippen LogP contribution < -0.4 is 10.6 Å². The first-order valence-corrected chi connectivity index (χ1v) is 6.61. The largest absolute Gasteiger partial charge is 0.381 e. The highest BCUT2D eigenvalue weighted by Gasteiger charge is 2.20. The van der Waals surface area contributed by atoms with E-state index in [1.54, 1.807) is 18.3 Å². The molecule has 2 aromatic rings. The molecule has 2 N–H and O–H groups in total. The van der Waals surface area contributed by atoms with Gasteiger partial charge in [0.25, 0.3) is 5.91 Å². The number of rotatable bonds is 4. The molecule has 3 rings (SSSR count). The highest BCUT2D eigenvalue weighted by molar-refractivity contribution is 6.02. The summed E-state index contributed by atoms with van der Waals surface area (Å²) in [7, 11) is 0. The summed E-state index contributed by atoms with van der Waals surface area (Å²) in [5, 5.41) is 5.73. The van der Waals surface area contributed by atoms with Gasteiger partial charge in [-0.25, -0.2) is 13.8 Å². The number of carbonyl (C=O) groups excluding carboxylic acids is 1. The first kappa shape index (κ1) is 13.5. The number of nitrogens with zero attached hydrogens (tertiary/aromatic N) is 1. The first-order valence-electron chi connectivity index (χ1n) is 6.61. The Bertz CT molecular complexity index is 669. The van der Waals surface area contributed by atoms with Gasteiger partial charge in [0.15, 0.2) is 11.6 Å². The fourth-order valence-electron chi connectivity index (χ4n) is 1.85. The second-order valence-corrected chi connectivity index (χ2v) is 4.93. The third kappa shape index (κ3) is 3.34. The highest BCUT2D eigenvalue weighted by Crippen LogP contribution is 2.24. The van der Waals surface area contributed by atoms with Crippen LogP contribution >= 0.6 is 0 Å². The van der Waals surface area contributed by atoms with Crippen molar-refractivity contribution < 1.29 is 13.6 Å². The number of aromatic nitrogens is 1. The van der Waals surface area contributed by atoms with Gasteiger partial charge >= 0.3 is 0 Å². The summed E-state index contributed by atoms with van der Waals surface area (Å²) in [6, 6.07) is 7.04. The third-order valence-electron chi connectivity index (χ3n) is 3.12. The van der Waals surface area contributed by atoms with Crippen LogP contribution in [0.1, 0.15) is 23.3 Å².